The normalized spacial score (nSPS) is 13.8. The number of nitrogens with zero attached hydrogens (tertiary/aromatic N) is 2. The van der Waals surface area contributed by atoms with Gasteiger partial charge in [-0.25, -0.2) is 4.79 Å². The molecule has 7 nitrogen and oxygen atoms in total. The number of aromatic amines is 1. The van der Waals surface area contributed by atoms with Crippen molar-refractivity contribution >= 4 is 34.4 Å². The molecule has 0 aliphatic carbocycles. The molecule has 1 aliphatic heterocycles. The number of carbonyl (C=O) groups is 3. The molecule has 2 aromatic carbocycles. The zero-order chi connectivity index (χ0) is 20.5. The Labute approximate surface area is 167 Å². The lowest BCUT2D eigenvalue weighted by molar-refractivity contribution is -0.126. The van der Waals surface area contributed by atoms with E-state index < -0.39 is 5.97 Å². The maximum absolute atomic E-state index is 12.9. The highest BCUT2D eigenvalue weighted by molar-refractivity contribution is 6.08. The predicted octanol–water partition coefficient (Wildman–Crippen LogP) is 2.69. The first-order valence-electron chi connectivity index (χ1n) is 9.31. The molecule has 7 heteroatoms. The summed E-state index contributed by atoms with van der Waals surface area (Å²) in [4.78, 5) is 43.9. The average molecular weight is 391 g/mol. The SMILES string of the molecule is COC(=O)c1ccccc1N(C)C(=O)C1CN(C(=O)c2c[nH]c3ccccc23)C1. The van der Waals surface area contributed by atoms with Gasteiger partial charge in [-0.05, 0) is 18.2 Å². The van der Waals surface area contributed by atoms with Gasteiger partial charge in [-0.15, -0.1) is 0 Å². The molecular formula is C22H21N3O4. The highest BCUT2D eigenvalue weighted by Gasteiger charge is 2.38. The van der Waals surface area contributed by atoms with E-state index in [1.807, 2.05) is 24.3 Å². The van der Waals surface area contributed by atoms with E-state index in [2.05, 4.69) is 4.98 Å². The van der Waals surface area contributed by atoms with E-state index in [1.54, 1.807) is 42.4 Å². The lowest BCUT2D eigenvalue weighted by Crippen LogP contribution is -2.56. The fourth-order valence-corrected chi connectivity index (χ4v) is 3.66. The van der Waals surface area contributed by atoms with Gasteiger partial charge in [0.2, 0.25) is 5.91 Å². The number of nitrogens with one attached hydrogen (secondary N) is 1. The zero-order valence-corrected chi connectivity index (χ0v) is 16.2. The van der Waals surface area contributed by atoms with Crippen LogP contribution in [0.1, 0.15) is 20.7 Å². The predicted molar refractivity (Wildman–Crippen MR) is 109 cm³/mol. The number of anilines is 1. The average Bonchev–Trinajstić information content (AvgIpc) is 3.15. The Kier molecular flexibility index (Phi) is 4.80. The Balaban J connectivity index is 1.45. The summed E-state index contributed by atoms with van der Waals surface area (Å²) in [5, 5.41) is 0.872. The van der Waals surface area contributed by atoms with Gasteiger partial charge in [-0.2, -0.15) is 0 Å². The molecule has 0 spiro atoms. The number of methoxy groups -OCH3 is 1. The van der Waals surface area contributed by atoms with Crippen LogP contribution in [0.3, 0.4) is 0 Å². The maximum Gasteiger partial charge on any atom is 0.339 e. The molecule has 29 heavy (non-hydrogen) atoms. The number of para-hydroxylation sites is 2. The second-order valence-corrected chi connectivity index (χ2v) is 7.06. The van der Waals surface area contributed by atoms with Crippen LogP contribution in [-0.2, 0) is 9.53 Å². The van der Waals surface area contributed by atoms with Gasteiger partial charge < -0.3 is 19.5 Å². The molecule has 0 unspecified atom stereocenters. The molecule has 1 aliphatic rings. The van der Waals surface area contributed by atoms with E-state index in [0.29, 0.717) is 29.9 Å². The fourth-order valence-electron chi connectivity index (χ4n) is 3.66. The maximum atomic E-state index is 12.9. The van der Waals surface area contributed by atoms with Gasteiger partial charge in [-0.1, -0.05) is 30.3 Å². The molecule has 3 aromatic rings. The van der Waals surface area contributed by atoms with Crippen LogP contribution < -0.4 is 4.90 Å². The third kappa shape index (κ3) is 3.24. The molecule has 1 fully saturated rings. The molecule has 4 rings (SSSR count). The van der Waals surface area contributed by atoms with E-state index in [1.165, 1.54) is 12.0 Å². The highest BCUT2D eigenvalue weighted by atomic mass is 16.5. The number of likely N-dealkylation sites (tertiary alicyclic amines) is 1. The Bertz CT molecular complexity index is 1100. The topological polar surface area (TPSA) is 82.7 Å². The van der Waals surface area contributed by atoms with Crippen molar-refractivity contribution in [2.24, 2.45) is 5.92 Å². The van der Waals surface area contributed by atoms with Crippen molar-refractivity contribution in [2.45, 2.75) is 0 Å². The minimum Gasteiger partial charge on any atom is -0.465 e. The number of rotatable bonds is 4. The number of H-pyrrole nitrogens is 1. The van der Waals surface area contributed by atoms with E-state index in [9.17, 15) is 14.4 Å². The van der Waals surface area contributed by atoms with Gasteiger partial charge in [0.05, 0.1) is 29.8 Å². The number of benzene rings is 2. The van der Waals surface area contributed by atoms with Crippen molar-refractivity contribution in [3.63, 3.8) is 0 Å². The lowest BCUT2D eigenvalue weighted by Gasteiger charge is -2.40. The summed E-state index contributed by atoms with van der Waals surface area (Å²) in [6, 6.07) is 14.4. The molecule has 2 amide bonds. The zero-order valence-electron chi connectivity index (χ0n) is 16.2. The summed E-state index contributed by atoms with van der Waals surface area (Å²) in [6.07, 6.45) is 1.71. The minimum absolute atomic E-state index is 0.0934. The van der Waals surface area contributed by atoms with Crippen molar-refractivity contribution in [1.82, 2.24) is 9.88 Å². The van der Waals surface area contributed by atoms with E-state index in [-0.39, 0.29) is 17.7 Å². The molecule has 1 saturated heterocycles. The van der Waals surface area contributed by atoms with Crippen LogP contribution in [0.5, 0.6) is 0 Å². The smallest absolute Gasteiger partial charge is 0.339 e. The summed E-state index contributed by atoms with van der Waals surface area (Å²) >= 11 is 0. The Hall–Kier alpha value is -3.61. The molecule has 1 aromatic heterocycles. The number of amides is 2. The summed E-state index contributed by atoms with van der Waals surface area (Å²) in [5.41, 5.74) is 2.33. The monoisotopic (exact) mass is 391 g/mol. The van der Waals surface area contributed by atoms with Gasteiger partial charge in [0.15, 0.2) is 0 Å². The van der Waals surface area contributed by atoms with Crippen LogP contribution >= 0.6 is 0 Å². The van der Waals surface area contributed by atoms with Crippen molar-refractivity contribution in [3.8, 4) is 0 Å². The second kappa shape index (κ2) is 7.43. The van der Waals surface area contributed by atoms with E-state index in [4.69, 9.17) is 4.74 Å². The summed E-state index contributed by atoms with van der Waals surface area (Å²) in [7, 11) is 2.94. The quantitative estimate of drug-likeness (QED) is 0.693. The Morgan fingerprint density at radius 3 is 2.48 bits per heavy atom. The number of carbonyl (C=O) groups excluding carboxylic acids is 3. The molecular weight excluding hydrogens is 370 g/mol. The number of ether oxygens (including phenoxy) is 1. The van der Waals surface area contributed by atoms with E-state index in [0.717, 1.165) is 10.9 Å². The van der Waals surface area contributed by atoms with Gasteiger partial charge >= 0.3 is 5.97 Å². The standard InChI is InChI=1S/C22H21N3O4/c1-24(19-10-6-4-8-16(19)22(28)29-2)20(26)14-12-25(13-14)21(27)17-11-23-18-9-5-3-7-15(17)18/h3-11,14,23H,12-13H2,1-2H3. The number of fused-ring (bicyclic) bond motifs is 1. The van der Waals surface area contributed by atoms with Crippen LogP contribution in [-0.4, -0.2) is 54.9 Å². The number of hydrogen-bond donors (Lipinski definition) is 1. The molecule has 0 bridgehead atoms. The first kappa shape index (κ1) is 18.7. The summed E-state index contributed by atoms with van der Waals surface area (Å²) < 4.78 is 4.80. The second-order valence-electron chi connectivity index (χ2n) is 7.06. The van der Waals surface area contributed by atoms with Gasteiger partial charge in [0.25, 0.3) is 5.91 Å². The van der Waals surface area contributed by atoms with Crippen molar-refractivity contribution < 1.29 is 19.1 Å². The highest BCUT2D eigenvalue weighted by Crippen LogP contribution is 2.27. The first-order chi connectivity index (χ1) is 14.0. The molecule has 0 atom stereocenters. The minimum atomic E-state index is -0.495. The molecule has 1 N–H and O–H groups in total. The summed E-state index contributed by atoms with van der Waals surface area (Å²) in [6.45, 7) is 0.698. The summed E-state index contributed by atoms with van der Waals surface area (Å²) in [5.74, 6) is -1.03. The third-order valence-corrected chi connectivity index (χ3v) is 5.34. The van der Waals surface area contributed by atoms with E-state index >= 15 is 0 Å². The van der Waals surface area contributed by atoms with Crippen LogP contribution in [0.4, 0.5) is 5.69 Å². The molecule has 148 valence electrons. The molecule has 2 heterocycles. The van der Waals surface area contributed by atoms with Crippen LogP contribution in [0.25, 0.3) is 10.9 Å². The Morgan fingerprint density at radius 2 is 1.72 bits per heavy atom. The van der Waals surface area contributed by atoms with Crippen molar-refractivity contribution in [3.05, 3.63) is 65.9 Å². The van der Waals surface area contributed by atoms with Crippen LogP contribution in [0, 0.1) is 5.92 Å². The largest absolute Gasteiger partial charge is 0.465 e. The third-order valence-electron chi connectivity index (χ3n) is 5.34. The Morgan fingerprint density at radius 1 is 1.03 bits per heavy atom. The molecule has 0 saturated carbocycles. The van der Waals surface area contributed by atoms with Gasteiger partial charge in [0.1, 0.15) is 0 Å². The molecule has 0 radical (unpaired) electrons. The van der Waals surface area contributed by atoms with Gasteiger partial charge in [-0.3, -0.25) is 9.59 Å². The first-order valence-corrected chi connectivity index (χ1v) is 9.31. The fraction of sp³-hybridized carbons (Fsp3) is 0.227. The van der Waals surface area contributed by atoms with Crippen molar-refractivity contribution in [1.29, 1.82) is 0 Å². The van der Waals surface area contributed by atoms with Gasteiger partial charge in [0, 0.05) is 37.2 Å². The van der Waals surface area contributed by atoms with Crippen LogP contribution in [0.2, 0.25) is 0 Å². The number of esters is 1. The number of hydrogen-bond acceptors (Lipinski definition) is 4. The number of aromatic nitrogens is 1. The van der Waals surface area contributed by atoms with Crippen molar-refractivity contribution in [2.75, 3.05) is 32.1 Å². The lowest BCUT2D eigenvalue weighted by atomic mass is 9.96. The van der Waals surface area contributed by atoms with Crippen LogP contribution in [0.15, 0.2) is 54.7 Å².